The third-order valence-electron chi connectivity index (χ3n) is 3.32. The highest BCUT2D eigenvalue weighted by Crippen LogP contribution is 2.24. The van der Waals surface area contributed by atoms with Gasteiger partial charge in [-0.2, -0.15) is 0 Å². The van der Waals surface area contributed by atoms with E-state index >= 15 is 0 Å². The fourth-order valence-electron chi connectivity index (χ4n) is 2.16. The molecule has 0 aliphatic rings. The van der Waals surface area contributed by atoms with E-state index in [0.717, 1.165) is 29.0 Å². The largest absolute Gasteiger partial charge is 0.496 e. The number of hydrogen-bond acceptors (Lipinski definition) is 3. The van der Waals surface area contributed by atoms with Crippen molar-refractivity contribution in [1.29, 1.82) is 0 Å². The van der Waals surface area contributed by atoms with Crippen molar-refractivity contribution < 1.29 is 9.47 Å². The Morgan fingerprint density at radius 2 is 1.80 bits per heavy atom. The van der Waals surface area contributed by atoms with E-state index in [1.54, 1.807) is 7.11 Å². The van der Waals surface area contributed by atoms with E-state index in [9.17, 15) is 0 Å². The van der Waals surface area contributed by atoms with Gasteiger partial charge >= 0.3 is 0 Å². The molecule has 0 heterocycles. The summed E-state index contributed by atoms with van der Waals surface area (Å²) >= 11 is 0. The van der Waals surface area contributed by atoms with E-state index in [2.05, 4.69) is 13.0 Å². The summed E-state index contributed by atoms with van der Waals surface area (Å²) in [5, 5.41) is 0. The van der Waals surface area contributed by atoms with Gasteiger partial charge in [0.2, 0.25) is 0 Å². The van der Waals surface area contributed by atoms with Crippen LogP contribution in [-0.4, -0.2) is 7.11 Å². The van der Waals surface area contributed by atoms with Gasteiger partial charge in [-0.1, -0.05) is 31.2 Å². The Bertz CT molecular complexity index is 567. The van der Waals surface area contributed by atoms with Crippen molar-refractivity contribution in [1.82, 2.24) is 0 Å². The van der Waals surface area contributed by atoms with Crippen molar-refractivity contribution in [2.75, 3.05) is 7.11 Å². The smallest absolute Gasteiger partial charge is 0.125 e. The fourth-order valence-corrected chi connectivity index (χ4v) is 2.16. The minimum atomic E-state index is 0.480. The summed E-state index contributed by atoms with van der Waals surface area (Å²) in [7, 11) is 1.67. The Morgan fingerprint density at radius 3 is 2.50 bits per heavy atom. The standard InChI is InChI=1S/C17H21NO2/c1-3-14-6-4-5-7-17(14)20-12-15-10-13(11-18)8-9-16(15)19-2/h4-10H,3,11-12,18H2,1-2H3. The van der Waals surface area contributed by atoms with Gasteiger partial charge in [0.25, 0.3) is 0 Å². The predicted octanol–water partition coefficient (Wildman–Crippen LogP) is 3.30. The Labute approximate surface area is 120 Å². The van der Waals surface area contributed by atoms with Crippen LogP contribution in [0.3, 0.4) is 0 Å². The van der Waals surface area contributed by atoms with Crippen molar-refractivity contribution in [2.45, 2.75) is 26.5 Å². The molecule has 20 heavy (non-hydrogen) atoms. The molecule has 3 heteroatoms. The zero-order chi connectivity index (χ0) is 14.4. The molecule has 106 valence electrons. The second-order valence-electron chi connectivity index (χ2n) is 4.60. The summed E-state index contributed by atoms with van der Waals surface area (Å²) in [6.07, 6.45) is 0.955. The highest BCUT2D eigenvalue weighted by atomic mass is 16.5. The molecule has 0 amide bonds. The first-order chi connectivity index (χ1) is 9.78. The lowest BCUT2D eigenvalue weighted by Gasteiger charge is -2.13. The average Bonchev–Trinajstić information content (AvgIpc) is 2.52. The lowest BCUT2D eigenvalue weighted by Crippen LogP contribution is -2.03. The SMILES string of the molecule is CCc1ccccc1OCc1cc(CN)ccc1OC. The Balaban J connectivity index is 2.17. The lowest BCUT2D eigenvalue weighted by molar-refractivity contribution is 0.294. The minimum absolute atomic E-state index is 0.480. The molecular weight excluding hydrogens is 250 g/mol. The molecule has 0 saturated heterocycles. The number of hydrogen-bond donors (Lipinski definition) is 1. The summed E-state index contributed by atoms with van der Waals surface area (Å²) in [5.41, 5.74) is 8.98. The third-order valence-corrected chi connectivity index (χ3v) is 3.32. The summed E-state index contributed by atoms with van der Waals surface area (Å²) in [6.45, 7) is 3.12. The molecule has 3 nitrogen and oxygen atoms in total. The maximum Gasteiger partial charge on any atom is 0.125 e. The second kappa shape index (κ2) is 6.96. The van der Waals surface area contributed by atoms with Crippen LogP contribution in [0.2, 0.25) is 0 Å². The van der Waals surface area contributed by atoms with Crippen LogP contribution in [-0.2, 0) is 19.6 Å². The fraction of sp³-hybridized carbons (Fsp3) is 0.294. The molecule has 0 unspecified atom stereocenters. The van der Waals surface area contributed by atoms with Crippen molar-refractivity contribution in [3.8, 4) is 11.5 Å². The van der Waals surface area contributed by atoms with Gasteiger partial charge in [0.1, 0.15) is 18.1 Å². The molecule has 0 saturated carbocycles. The lowest BCUT2D eigenvalue weighted by atomic mass is 10.1. The van der Waals surface area contributed by atoms with Crippen LogP contribution in [0.5, 0.6) is 11.5 Å². The van der Waals surface area contributed by atoms with Crippen LogP contribution in [0, 0.1) is 0 Å². The molecular formula is C17H21NO2. The van der Waals surface area contributed by atoms with Crippen LogP contribution >= 0.6 is 0 Å². The van der Waals surface area contributed by atoms with Crippen molar-refractivity contribution in [2.24, 2.45) is 5.73 Å². The Morgan fingerprint density at radius 1 is 1.00 bits per heavy atom. The van der Waals surface area contributed by atoms with Gasteiger partial charge in [-0.15, -0.1) is 0 Å². The molecule has 0 aliphatic carbocycles. The molecule has 0 bridgehead atoms. The first-order valence-electron chi connectivity index (χ1n) is 6.85. The number of nitrogens with two attached hydrogens (primary N) is 1. The molecule has 2 rings (SSSR count). The highest BCUT2D eigenvalue weighted by molar-refractivity contribution is 5.38. The van der Waals surface area contributed by atoms with E-state index in [0.29, 0.717) is 13.2 Å². The summed E-state index contributed by atoms with van der Waals surface area (Å²) in [5.74, 6) is 1.76. The number of rotatable bonds is 6. The van der Waals surface area contributed by atoms with Crippen molar-refractivity contribution >= 4 is 0 Å². The molecule has 0 spiro atoms. The van der Waals surface area contributed by atoms with Crippen LogP contribution in [0.1, 0.15) is 23.6 Å². The number of para-hydroxylation sites is 1. The summed E-state index contributed by atoms with van der Waals surface area (Å²) in [4.78, 5) is 0. The predicted molar refractivity (Wildman–Crippen MR) is 81.0 cm³/mol. The third kappa shape index (κ3) is 3.31. The molecule has 2 aromatic carbocycles. The van der Waals surface area contributed by atoms with Crippen molar-refractivity contribution in [3.63, 3.8) is 0 Å². The second-order valence-corrected chi connectivity index (χ2v) is 4.60. The summed E-state index contributed by atoms with van der Waals surface area (Å²) < 4.78 is 11.3. The molecule has 0 aromatic heterocycles. The van der Waals surface area contributed by atoms with Crippen LogP contribution < -0.4 is 15.2 Å². The molecule has 2 aromatic rings. The number of benzene rings is 2. The van der Waals surface area contributed by atoms with Gasteiger partial charge in [-0.3, -0.25) is 0 Å². The van der Waals surface area contributed by atoms with E-state index in [-0.39, 0.29) is 0 Å². The molecule has 0 fully saturated rings. The van der Waals surface area contributed by atoms with Crippen LogP contribution in [0.15, 0.2) is 42.5 Å². The molecule has 0 atom stereocenters. The van der Waals surface area contributed by atoms with Gasteiger partial charge in [0.05, 0.1) is 7.11 Å². The van der Waals surface area contributed by atoms with Gasteiger partial charge in [-0.05, 0) is 35.7 Å². The maximum absolute atomic E-state index is 5.94. The van der Waals surface area contributed by atoms with Gasteiger partial charge in [-0.25, -0.2) is 0 Å². The van der Waals surface area contributed by atoms with E-state index < -0.39 is 0 Å². The first kappa shape index (κ1) is 14.4. The number of methoxy groups -OCH3 is 1. The average molecular weight is 271 g/mol. The monoisotopic (exact) mass is 271 g/mol. The first-order valence-corrected chi connectivity index (χ1v) is 6.85. The van der Waals surface area contributed by atoms with E-state index in [4.69, 9.17) is 15.2 Å². The zero-order valence-electron chi connectivity index (χ0n) is 12.1. The minimum Gasteiger partial charge on any atom is -0.496 e. The zero-order valence-corrected chi connectivity index (χ0v) is 12.1. The highest BCUT2D eigenvalue weighted by Gasteiger charge is 2.07. The number of aryl methyl sites for hydroxylation is 1. The van der Waals surface area contributed by atoms with Crippen molar-refractivity contribution in [3.05, 3.63) is 59.2 Å². The Hall–Kier alpha value is -2.00. The maximum atomic E-state index is 5.94. The van der Waals surface area contributed by atoms with E-state index in [1.807, 2.05) is 36.4 Å². The molecule has 0 radical (unpaired) electrons. The topological polar surface area (TPSA) is 44.5 Å². The normalized spacial score (nSPS) is 10.3. The number of ether oxygens (including phenoxy) is 2. The van der Waals surface area contributed by atoms with E-state index in [1.165, 1.54) is 5.56 Å². The summed E-state index contributed by atoms with van der Waals surface area (Å²) in [6, 6.07) is 14.0. The molecule has 2 N–H and O–H groups in total. The Kier molecular flexibility index (Phi) is 5.02. The van der Waals surface area contributed by atoms with Crippen LogP contribution in [0.4, 0.5) is 0 Å². The van der Waals surface area contributed by atoms with Gasteiger partial charge < -0.3 is 15.2 Å². The quantitative estimate of drug-likeness (QED) is 0.876. The van der Waals surface area contributed by atoms with Crippen LogP contribution in [0.25, 0.3) is 0 Å². The molecule has 0 aliphatic heterocycles. The van der Waals surface area contributed by atoms with Gasteiger partial charge in [0, 0.05) is 12.1 Å². The van der Waals surface area contributed by atoms with Gasteiger partial charge in [0.15, 0.2) is 0 Å².